The van der Waals surface area contributed by atoms with Gasteiger partial charge in [0.2, 0.25) is 0 Å². The minimum Gasteiger partial charge on any atom is -0.387 e. The van der Waals surface area contributed by atoms with Crippen molar-refractivity contribution in [1.29, 1.82) is 0 Å². The summed E-state index contributed by atoms with van der Waals surface area (Å²) >= 11 is 0. The average Bonchev–Trinajstić information content (AvgIpc) is 3.03. The summed E-state index contributed by atoms with van der Waals surface area (Å²) in [6, 6.07) is 11.8. The molecule has 1 unspecified atom stereocenters. The summed E-state index contributed by atoms with van der Waals surface area (Å²) in [4.78, 5) is 4.68. The lowest BCUT2D eigenvalue weighted by atomic mass is 10.1. The molecular weight excluding hydrogens is 266 g/mol. The molecule has 1 aromatic carbocycles. The molecule has 2 heterocycles. The quantitative estimate of drug-likeness (QED) is 0.904. The van der Waals surface area contributed by atoms with Crippen LogP contribution >= 0.6 is 0 Å². The minimum absolute atomic E-state index is 0.409. The molecule has 1 saturated heterocycles. The highest BCUT2D eigenvalue weighted by atomic mass is 16.5. The fourth-order valence-electron chi connectivity index (χ4n) is 2.70. The molecule has 3 rings (SSSR count). The Morgan fingerprint density at radius 2 is 1.76 bits per heavy atom. The van der Waals surface area contributed by atoms with Crippen molar-refractivity contribution in [2.75, 3.05) is 32.7 Å². The lowest BCUT2D eigenvalue weighted by Gasteiger charge is -2.35. The fraction of sp³-hybridized carbons (Fsp3) is 0.438. The molecule has 0 bridgehead atoms. The highest BCUT2D eigenvalue weighted by Gasteiger charge is 2.20. The summed E-state index contributed by atoms with van der Waals surface area (Å²) in [7, 11) is 0. The maximum atomic E-state index is 10.3. The second-order valence-electron chi connectivity index (χ2n) is 5.49. The van der Waals surface area contributed by atoms with Gasteiger partial charge in [0.1, 0.15) is 6.26 Å². The molecule has 1 fully saturated rings. The highest BCUT2D eigenvalue weighted by molar-refractivity contribution is 5.17. The molecule has 21 heavy (non-hydrogen) atoms. The van der Waals surface area contributed by atoms with Crippen LogP contribution in [0.15, 0.2) is 47.2 Å². The number of hydrogen-bond acceptors (Lipinski definition) is 5. The van der Waals surface area contributed by atoms with Crippen LogP contribution in [0.1, 0.15) is 17.4 Å². The molecule has 1 atom stereocenters. The molecule has 2 aromatic rings. The SMILES string of the molecule is OC(CN1CCN(Cc2ccon2)CC1)c1ccccc1. The third kappa shape index (κ3) is 3.91. The Balaban J connectivity index is 1.45. The molecule has 1 aliphatic rings. The van der Waals surface area contributed by atoms with Crippen LogP contribution in [0.5, 0.6) is 0 Å². The number of nitrogens with zero attached hydrogens (tertiary/aromatic N) is 3. The molecule has 5 heteroatoms. The maximum Gasteiger partial charge on any atom is 0.124 e. The Morgan fingerprint density at radius 3 is 2.43 bits per heavy atom. The van der Waals surface area contributed by atoms with Gasteiger partial charge in [0.25, 0.3) is 0 Å². The monoisotopic (exact) mass is 287 g/mol. The predicted octanol–water partition coefficient (Wildman–Crippen LogP) is 1.53. The minimum atomic E-state index is -0.409. The van der Waals surface area contributed by atoms with Crippen molar-refractivity contribution in [3.05, 3.63) is 53.9 Å². The predicted molar refractivity (Wildman–Crippen MR) is 79.6 cm³/mol. The van der Waals surface area contributed by atoms with Crippen LogP contribution in [0.4, 0.5) is 0 Å². The van der Waals surface area contributed by atoms with Crippen LogP contribution in [-0.2, 0) is 6.54 Å². The Kier molecular flexibility index (Phi) is 4.65. The maximum absolute atomic E-state index is 10.3. The smallest absolute Gasteiger partial charge is 0.124 e. The van der Waals surface area contributed by atoms with Gasteiger partial charge in [-0.3, -0.25) is 9.80 Å². The number of aliphatic hydroxyl groups excluding tert-OH is 1. The van der Waals surface area contributed by atoms with Crippen molar-refractivity contribution < 1.29 is 9.63 Å². The van der Waals surface area contributed by atoms with Crippen molar-refractivity contribution in [1.82, 2.24) is 15.0 Å². The third-order valence-electron chi connectivity index (χ3n) is 3.96. The first-order chi connectivity index (χ1) is 10.3. The summed E-state index contributed by atoms with van der Waals surface area (Å²) in [5.74, 6) is 0. The number of piperazine rings is 1. The van der Waals surface area contributed by atoms with Gasteiger partial charge < -0.3 is 9.63 Å². The zero-order valence-electron chi connectivity index (χ0n) is 12.1. The van der Waals surface area contributed by atoms with Gasteiger partial charge in [-0.1, -0.05) is 35.5 Å². The van der Waals surface area contributed by atoms with Gasteiger partial charge in [-0.15, -0.1) is 0 Å². The highest BCUT2D eigenvalue weighted by Crippen LogP contribution is 2.15. The largest absolute Gasteiger partial charge is 0.387 e. The molecular formula is C16H21N3O2. The second kappa shape index (κ2) is 6.85. The number of benzene rings is 1. The van der Waals surface area contributed by atoms with Gasteiger partial charge in [-0.2, -0.15) is 0 Å². The summed E-state index contributed by atoms with van der Waals surface area (Å²) < 4.78 is 4.86. The van der Waals surface area contributed by atoms with E-state index < -0.39 is 6.10 Å². The Morgan fingerprint density at radius 1 is 1.05 bits per heavy atom. The third-order valence-corrected chi connectivity index (χ3v) is 3.96. The summed E-state index contributed by atoms with van der Waals surface area (Å²) in [5, 5.41) is 14.2. The molecule has 0 amide bonds. The molecule has 0 radical (unpaired) electrons. The summed E-state index contributed by atoms with van der Waals surface area (Å²) in [5.41, 5.74) is 1.97. The Bertz CT molecular complexity index is 522. The van der Waals surface area contributed by atoms with E-state index in [0.717, 1.165) is 44.0 Å². The van der Waals surface area contributed by atoms with Crippen LogP contribution in [0.25, 0.3) is 0 Å². The van der Waals surface area contributed by atoms with Crippen molar-refractivity contribution in [2.24, 2.45) is 0 Å². The first-order valence-corrected chi connectivity index (χ1v) is 7.38. The lowest BCUT2D eigenvalue weighted by molar-refractivity contribution is 0.0693. The number of aliphatic hydroxyl groups is 1. The molecule has 1 aliphatic heterocycles. The van der Waals surface area contributed by atoms with Crippen LogP contribution in [0, 0.1) is 0 Å². The van der Waals surface area contributed by atoms with Crippen molar-refractivity contribution in [3.8, 4) is 0 Å². The van der Waals surface area contributed by atoms with Crippen molar-refractivity contribution in [3.63, 3.8) is 0 Å². The van der Waals surface area contributed by atoms with Crippen molar-refractivity contribution >= 4 is 0 Å². The van der Waals surface area contributed by atoms with E-state index in [9.17, 15) is 5.11 Å². The molecule has 112 valence electrons. The molecule has 1 aromatic heterocycles. The normalized spacial score (nSPS) is 18.7. The zero-order chi connectivity index (χ0) is 14.5. The Labute approximate surface area is 124 Å². The molecule has 0 spiro atoms. The van der Waals surface area contributed by atoms with E-state index in [1.54, 1.807) is 6.26 Å². The summed E-state index contributed by atoms with van der Waals surface area (Å²) in [6.45, 7) is 5.47. The van der Waals surface area contributed by atoms with Crippen LogP contribution < -0.4 is 0 Å². The van der Waals surface area contributed by atoms with Crippen molar-refractivity contribution in [2.45, 2.75) is 12.6 Å². The lowest BCUT2D eigenvalue weighted by Crippen LogP contribution is -2.47. The van der Waals surface area contributed by atoms with E-state index in [1.165, 1.54) is 0 Å². The van der Waals surface area contributed by atoms with E-state index in [0.29, 0.717) is 6.54 Å². The molecule has 0 saturated carbocycles. The Hall–Kier alpha value is -1.69. The number of hydrogen-bond donors (Lipinski definition) is 1. The van der Waals surface area contributed by atoms with E-state index in [2.05, 4.69) is 15.0 Å². The van der Waals surface area contributed by atoms with Gasteiger partial charge in [0.15, 0.2) is 0 Å². The van der Waals surface area contributed by atoms with E-state index >= 15 is 0 Å². The zero-order valence-corrected chi connectivity index (χ0v) is 12.1. The average molecular weight is 287 g/mol. The van der Waals surface area contributed by atoms with Crippen LogP contribution in [-0.4, -0.2) is 52.8 Å². The summed E-state index contributed by atoms with van der Waals surface area (Å²) in [6.07, 6.45) is 1.20. The number of β-amino-alcohol motifs (C(OH)–C–C–N with tert-alkyl or cyclic N) is 1. The van der Waals surface area contributed by atoms with Crippen LogP contribution in [0.2, 0.25) is 0 Å². The molecule has 1 N–H and O–H groups in total. The van der Waals surface area contributed by atoms with Gasteiger partial charge in [0.05, 0.1) is 11.8 Å². The first kappa shape index (κ1) is 14.3. The second-order valence-corrected chi connectivity index (χ2v) is 5.49. The van der Waals surface area contributed by atoms with E-state index in [4.69, 9.17) is 4.52 Å². The standard InChI is InChI=1S/C16H21N3O2/c20-16(14-4-2-1-3-5-14)13-19-9-7-18(8-10-19)12-15-6-11-21-17-15/h1-6,11,16,20H,7-10,12-13H2. The first-order valence-electron chi connectivity index (χ1n) is 7.38. The molecule has 5 nitrogen and oxygen atoms in total. The van der Waals surface area contributed by atoms with Gasteiger partial charge in [0, 0.05) is 45.3 Å². The van der Waals surface area contributed by atoms with Gasteiger partial charge >= 0.3 is 0 Å². The number of aromatic nitrogens is 1. The number of rotatable bonds is 5. The molecule has 0 aliphatic carbocycles. The van der Waals surface area contributed by atoms with E-state index in [1.807, 2.05) is 36.4 Å². The van der Waals surface area contributed by atoms with E-state index in [-0.39, 0.29) is 0 Å². The van der Waals surface area contributed by atoms with Gasteiger partial charge in [-0.05, 0) is 5.56 Å². The topological polar surface area (TPSA) is 52.7 Å². The van der Waals surface area contributed by atoms with Gasteiger partial charge in [-0.25, -0.2) is 0 Å². The van der Waals surface area contributed by atoms with Crippen LogP contribution in [0.3, 0.4) is 0 Å². The fourth-order valence-corrected chi connectivity index (χ4v) is 2.70.